The van der Waals surface area contributed by atoms with E-state index >= 15 is 0 Å². The van der Waals surface area contributed by atoms with E-state index in [4.69, 9.17) is 11.6 Å². The summed E-state index contributed by atoms with van der Waals surface area (Å²) in [7, 11) is 1.89. The zero-order valence-electron chi connectivity index (χ0n) is 10.5. The van der Waals surface area contributed by atoms with Crippen LogP contribution in [0.4, 0.5) is 5.69 Å². The van der Waals surface area contributed by atoms with E-state index < -0.39 is 0 Å². The first-order chi connectivity index (χ1) is 8.13. The van der Waals surface area contributed by atoms with Gasteiger partial charge in [0, 0.05) is 18.3 Å². The van der Waals surface area contributed by atoms with Crippen molar-refractivity contribution in [3.63, 3.8) is 0 Å². The van der Waals surface area contributed by atoms with Crippen molar-refractivity contribution in [2.75, 3.05) is 12.4 Å². The van der Waals surface area contributed by atoms with Crippen molar-refractivity contribution in [3.8, 4) is 0 Å². The van der Waals surface area contributed by atoms with Gasteiger partial charge in [-0.25, -0.2) is 0 Å². The Kier molecular flexibility index (Phi) is 5.05. The van der Waals surface area contributed by atoms with Gasteiger partial charge in [0.05, 0.1) is 5.02 Å². The monoisotopic (exact) mass is 247 g/mol. The highest BCUT2D eigenvalue weighted by Gasteiger charge is 2.08. The van der Waals surface area contributed by atoms with Crippen LogP contribution in [-0.4, -0.2) is 7.05 Å². The Labute approximate surface area is 109 Å². The highest BCUT2D eigenvalue weighted by Crippen LogP contribution is 2.31. The highest BCUT2D eigenvalue weighted by atomic mass is 35.5. The average molecular weight is 248 g/mol. The summed E-state index contributed by atoms with van der Waals surface area (Å²) in [6, 6.07) is 4.02. The van der Waals surface area contributed by atoms with Crippen molar-refractivity contribution in [1.29, 1.82) is 0 Å². The number of anilines is 1. The summed E-state index contributed by atoms with van der Waals surface area (Å²) < 4.78 is 0. The van der Waals surface area contributed by atoms with Crippen LogP contribution in [0.1, 0.15) is 18.1 Å². The summed E-state index contributed by atoms with van der Waals surface area (Å²) in [5.74, 6) is 0. The molecule has 1 aromatic rings. The lowest BCUT2D eigenvalue weighted by Gasteiger charge is -2.12. The SMILES string of the molecule is C=C/C=C(\C=C/C)c1c(C)cc(NC)cc1Cl. The zero-order chi connectivity index (χ0) is 12.8. The maximum atomic E-state index is 6.33. The largest absolute Gasteiger partial charge is 0.388 e. The predicted octanol–water partition coefficient (Wildman–Crippen LogP) is 4.84. The standard InChI is InChI=1S/C15H18ClN/c1-5-7-12(8-6-2)15-11(3)9-13(17-4)10-14(15)16/h5-10,17H,1H2,2-4H3/b8-6-,12-7+. The molecular formula is C15H18ClN. The molecule has 0 unspecified atom stereocenters. The predicted molar refractivity (Wildman–Crippen MR) is 78.7 cm³/mol. The summed E-state index contributed by atoms with van der Waals surface area (Å²) in [6.45, 7) is 7.78. The topological polar surface area (TPSA) is 12.0 Å². The van der Waals surface area contributed by atoms with Gasteiger partial charge in [-0.05, 0) is 37.1 Å². The molecule has 0 aliphatic carbocycles. The van der Waals surface area contributed by atoms with Crippen molar-refractivity contribution in [2.24, 2.45) is 0 Å². The fraction of sp³-hybridized carbons (Fsp3) is 0.200. The van der Waals surface area contributed by atoms with Gasteiger partial charge in [-0.15, -0.1) is 0 Å². The molecule has 0 bridgehead atoms. The van der Waals surface area contributed by atoms with Crippen LogP contribution in [-0.2, 0) is 0 Å². The molecule has 0 saturated carbocycles. The maximum absolute atomic E-state index is 6.33. The summed E-state index contributed by atoms with van der Waals surface area (Å²) in [5, 5.41) is 3.85. The first-order valence-electron chi connectivity index (χ1n) is 5.57. The molecule has 0 spiro atoms. The lowest BCUT2D eigenvalue weighted by molar-refractivity contribution is 1.40. The number of benzene rings is 1. The van der Waals surface area contributed by atoms with Gasteiger partial charge in [0.1, 0.15) is 0 Å². The molecule has 0 radical (unpaired) electrons. The van der Waals surface area contributed by atoms with Crippen LogP contribution in [0, 0.1) is 6.92 Å². The van der Waals surface area contributed by atoms with Crippen LogP contribution in [0.2, 0.25) is 5.02 Å². The van der Waals surface area contributed by atoms with Crippen molar-refractivity contribution in [1.82, 2.24) is 0 Å². The molecule has 0 aromatic heterocycles. The van der Waals surface area contributed by atoms with Gasteiger partial charge in [0.25, 0.3) is 0 Å². The number of hydrogen-bond donors (Lipinski definition) is 1. The molecule has 0 atom stereocenters. The third-order valence-electron chi connectivity index (χ3n) is 2.51. The Morgan fingerprint density at radius 3 is 2.59 bits per heavy atom. The molecule has 0 aliphatic rings. The van der Waals surface area contributed by atoms with E-state index in [-0.39, 0.29) is 0 Å². The zero-order valence-corrected chi connectivity index (χ0v) is 11.3. The number of nitrogens with one attached hydrogen (secondary N) is 1. The Bertz CT molecular complexity index is 447. The molecule has 17 heavy (non-hydrogen) atoms. The van der Waals surface area contributed by atoms with Crippen molar-refractivity contribution < 1.29 is 0 Å². The van der Waals surface area contributed by atoms with E-state index in [2.05, 4.69) is 24.9 Å². The fourth-order valence-electron chi connectivity index (χ4n) is 1.78. The van der Waals surface area contributed by atoms with Gasteiger partial charge >= 0.3 is 0 Å². The van der Waals surface area contributed by atoms with E-state index in [0.29, 0.717) is 0 Å². The molecule has 1 N–H and O–H groups in total. The summed E-state index contributed by atoms with van der Waals surface area (Å²) in [5.41, 5.74) is 4.30. The lowest BCUT2D eigenvalue weighted by atomic mass is 9.99. The molecule has 0 aliphatic heterocycles. The second kappa shape index (κ2) is 6.31. The minimum absolute atomic E-state index is 0.751. The second-order valence-electron chi connectivity index (χ2n) is 3.76. The van der Waals surface area contributed by atoms with Crippen LogP contribution in [0.5, 0.6) is 0 Å². The average Bonchev–Trinajstić information content (AvgIpc) is 2.28. The lowest BCUT2D eigenvalue weighted by Crippen LogP contribution is -1.94. The van der Waals surface area contributed by atoms with Crippen LogP contribution in [0.15, 0.2) is 43.0 Å². The fourth-order valence-corrected chi connectivity index (χ4v) is 2.16. The maximum Gasteiger partial charge on any atom is 0.0507 e. The number of aryl methyl sites for hydroxylation is 1. The smallest absolute Gasteiger partial charge is 0.0507 e. The Morgan fingerprint density at radius 1 is 1.41 bits per heavy atom. The van der Waals surface area contributed by atoms with Crippen LogP contribution in [0.3, 0.4) is 0 Å². The molecule has 2 heteroatoms. The molecular weight excluding hydrogens is 230 g/mol. The van der Waals surface area contributed by atoms with E-state index in [1.54, 1.807) is 6.08 Å². The molecule has 0 amide bonds. The van der Waals surface area contributed by atoms with E-state index in [9.17, 15) is 0 Å². The van der Waals surface area contributed by atoms with Crippen molar-refractivity contribution >= 4 is 22.9 Å². The van der Waals surface area contributed by atoms with Crippen LogP contribution >= 0.6 is 11.6 Å². The summed E-state index contributed by atoms with van der Waals surface area (Å²) >= 11 is 6.33. The minimum Gasteiger partial charge on any atom is -0.388 e. The molecule has 0 heterocycles. The molecule has 0 fully saturated rings. The quantitative estimate of drug-likeness (QED) is 0.751. The van der Waals surface area contributed by atoms with Crippen LogP contribution in [0.25, 0.3) is 5.57 Å². The number of hydrogen-bond acceptors (Lipinski definition) is 1. The van der Waals surface area contributed by atoms with Gasteiger partial charge in [-0.2, -0.15) is 0 Å². The molecule has 90 valence electrons. The van der Waals surface area contributed by atoms with Gasteiger partial charge in [0.2, 0.25) is 0 Å². The number of allylic oxidation sites excluding steroid dienone is 5. The second-order valence-corrected chi connectivity index (χ2v) is 4.16. The number of rotatable bonds is 4. The molecule has 1 aromatic carbocycles. The van der Waals surface area contributed by atoms with Gasteiger partial charge in [0.15, 0.2) is 0 Å². The normalized spacial score (nSPS) is 11.9. The Morgan fingerprint density at radius 2 is 2.12 bits per heavy atom. The van der Waals surface area contributed by atoms with E-state index in [1.165, 1.54) is 0 Å². The summed E-state index contributed by atoms with van der Waals surface area (Å²) in [6.07, 6.45) is 7.77. The van der Waals surface area contributed by atoms with Gasteiger partial charge in [-0.1, -0.05) is 42.5 Å². The first-order valence-corrected chi connectivity index (χ1v) is 5.95. The van der Waals surface area contributed by atoms with Crippen molar-refractivity contribution in [2.45, 2.75) is 13.8 Å². The third kappa shape index (κ3) is 3.24. The molecule has 0 saturated heterocycles. The van der Waals surface area contributed by atoms with Gasteiger partial charge in [-0.3, -0.25) is 0 Å². The molecule has 1 nitrogen and oxygen atoms in total. The van der Waals surface area contributed by atoms with Crippen molar-refractivity contribution in [3.05, 3.63) is 59.2 Å². The number of halogens is 1. The summed E-state index contributed by atoms with van der Waals surface area (Å²) in [4.78, 5) is 0. The minimum atomic E-state index is 0.751. The van der Waals surface area contributed by atoms with Crippen LogP contribution < -0.4 is 5.32 Å². The highest BCUT2D eigenvalue weighted by molar-refractivity contribution is 6.33. The first kappa shape index (κ1) is 13.6. The Hall–Kier alpha value is -1.47. The van der Waals surface area contributed by atoms with E-state index in [0.717, 1.165) is 27.4 Å². The Balaban J connectivity index is 3.39. The van der Waals surface area contributed by atoms with E-state index in [1.807, 2.05) is 38.3 Å². The third-order valence-corrected chi connectivity index (χ3v) is 2.81. The van der Waals surface area contributed by atoms with Gasteiger partial charge < -0.3 is 5.32 Å². The molecule has 1 rings (SSSR count).